The highest BCUT2D eigenvalue weighted by Gasteiger charge is 2.41. The van der Waals surface area contributed by atoms with E-state index in [0.717, 1.165) is 16.8 Å². The molecule has 6 nitrogen and oxygen atoms in total. The second kappa shape index (κ2) is 9.20. The van der Waals surface area contributed by atoms with Crippen LogP contribution in [0.1, 0.15) is 23.6 Å². The van der Waals surface area contributed by atoms with Gasteiger partial charge < -0.3 is 14.8 Å². The van der Waals surface area contributed by atoms with Crippen molar-refractivity contribution < 1.29 is 19.1 Å². The zero-order valence-corrected chi connectivity index (χ0v) is 19.1. The summed E-state index contributed by atoms with van der Waals surface area (Å²) in [6, 6.07) is 20.1. The van der Waals surface area contributed by atoms with E-state index in [9.17, 15) is 9.59 Å². The van der Waals surface area contributed by atoms with Crippen LogP contribution < -0.4 is 19.7 Å². The predicted molar refractivity (Wildman–Crippen MR) is 130 cm³/mol. The number of imide groups is 1. The summed E-state index contributed by atoms with van der Waals surface area (Å²) in [5.41, 5.74) is 4.24. The number of carbonyl (C=O) groups is 2. The van der Waals surface area contributed by atoms with Gasteiger partial charge in [-0.1, -0.05) is 36.4 Å². The Kier molecular flexibility index (Phi) is 6.18. The van der Waals surface area contributed by atoms with Gasteiger partial charge in [0.2, 0.25) is 0 Å². The lowest BCUT2D eigenvalue weighted by molar-refractivity contribution is -0.120. The summed E-state index contributed by atoms with van der Waals surface area (Å²) in [6.07, 6.45) is 0. The summed E-state index contributed by atoms with van der Waals surface area (Å²) >= 11 is 0. The molecule has 0 atom stereocenters. The van der Waals surface area contributed by atoms with E-state index in [1.807, 2.05) is 51.1 Å². The molecule has 6 heteroatoms. The van der Waals surface area contributed by atoms with Crippen LogP contribution in [0.3, 0.4) is 0 Å². The minimum absolute atomic E-state index is 0.208. The van der Waals surface area contributed by atoms with E-state index in [1.54, 1.807) is 43.5 Å². The van der Waals surface area contributed by atoms with E-state index in [0.29, 0.717) is 29.4 Å². The first-order chi connectivity index (χ1) is 15.9. The fourth-order valence-corrected chi connectivity index (χ4v) is 3.87. The Hall–Kier alpha value is -4.06. The van der Waals surface area contributed by atoms with Crippen molar-refractivity contribution in [2.75, 3.05) is 23.9 Å². The molecule has 0 fully saturated rings. The Morgan fingerprint density at radius 1 is 0.909 bits per heavy atom. The molecule has 0 saturated carbocycles. The summed E-state index contributed by atoms with van der Waals surface area (Å²) in [5, 5.41) is 3.25. The third kappa shape index (κ3) is 4.20. The maximum atomic E-state index is 13.7. The minimum Gasteiger partial charge on any atom is -0.496 e. The van der Waals surface area contributed by atoms with E-state index in [2.05, 4.69) is 5.32 Å². The van der Waals surface area contributed by atoms with Crippen molar-refractivity contribution in [2.24, 2.45) is 0 Å². The molecule has 1 heterocycles. The SMILES string of the molecule is CCOc1cccc(N2C(=O)C(Nc3cc(C)ccc3C)=C(c3ccccc3OC)C2=O)c1. The van der Waals surface area contributed by atoms with Gasteiger partial charge >= 0.3 is 0 Å². The van der Waals surface area contributed by atoms with Crippen molar-refractivity contribution >= 4 is 28.8 Å². The van der Waals surface area contributed by atoms with Gasteiger partial charge in [-0.15, -0.1) is 0 Å². The molecule has 0 aromatic heterocycles. The number of rotatable bonds is 7. The van der Waals surface area contributed by atoms with Crippen LogP contribution in [-0.4, -0.2) is 25.5 Å². The number of ether oxygens (including phenoxy) is 2. The minimum atomic E-state index is -0.435. The third-order valence-corrected chi connectivity index (χ3v) is 5.50. The van der Waals surface area contributed by atoms with Gasteiger partial charge in [-0.3, -0.25) is 9.59 Å². The molecule has 0 unspecified atom stereocenters. The van der Waals surface area contributed by atoms with Gasteiger partial charge in [-0.25, -0.2) is 4.90 Å². The van der Waals surface area contributed by atoms with Crippen molar-refractivity contribution in [1.82, 2.24) is 0 Å². The fraction of sp³-hybridized carbons (Fsp3) is 0.185. The maximum absolute atomic E-state index is 13.7. The zero-order valence-electron chi connectivity index (χ0n) is 19.1. The Bertz CT molecular complexity index is 1260. The lowest BCUT2D eigenvalue weighted by atomic mass is 10.0. The maximum Gasteiger partial charge on any atom is 0.282 e. The van der Waals surface area contributed by atoms with E-state index in [4.69, 9.17) is 9.47 Å². The largest absolute Gasteiger partial charge is 0.496 e. The number of hydrogen-bond acceptors (Lipinski definition) is 5. The summed E-state index contributed by atoms with van der Waals surface area (Å²) in [7, 11) is 1.54. The van der Waals surface area contributed by atoms with Crippen molar-refractivity contribution in [3.05, 3.63) is 89.1 Å². The number of nitrogens with zero attached hydrogens (tertiary/aromatic N) is 1. The van der Waals surface area contributed by atoms with Crippen molar-refractivity contribution in [2.45, 2.75) is 20.8 Å². The molecule has 1 aliphatic heterocycles. The number of nitrogens with one attached hydrogen (secondary N) is 1. The van der Waals surface area contributed by atoms with Gasteiger partial charge in [-0.05, 0) is 56.2 Å². The molecule has 0 aliphatic carbocycles. The van der Waals surface area contributed by atoms with Crippen LogP contribution in [0.5, 0.6) is 11.5 Å². The molecule has 0 spiro atoms. The lowest BCUT2D eigenvalue weighted by Gasteiger charge is -2.17. The quantitative estimate of drug-likeness (QED) is 0.515. The zero-order chi connectivity index (χ0) is 23.5. The van der Waals surface area contributed by atoms with Gasteiger partial charge in [0, 0.05) is 17.3 Å². The van der Waals surface area contributed by atoms with Crippen LogP contribution in [0.4, 0.5) is 11.4 Å². The number of methoxy groups -OCH3 is 1. The van der Waals surface area contributed by atoms with E-state index < -0.39 is 11.8 Å². The number of benzene rings is 3. The van der Waals surface area contributed by atoms with Gasteiger partial charge in [-0.2, -0.15) is 0 Å². The smallest absolute Gasteiger partial charge is 0.282 e. The van der Waals surface area contributed by atoms with Gasteiger partial charge in [0.25, 0.3) is 11.8 Å². The van der Waals surface area contributed by atoms with Crippen LogP contribution in [0.2, 0.25) is 0 Å². The van der Waals surface area contributed by atoms with Crippen molar-refractivity contribution in [1.29, 1.82) is 0 Å². The predicted octanol–water partition coefficient (Wildman–Crippen LogP) is 5.11. The molecular formula is C27H26N2O4. The topological polar surface area (TPSA) is 67.9 Å². The summed E-state index contributed by atoms with van der Waals surface area (Å²) in [5.74, 6) is 0.241. The molecule has 3 aromatic carbocycles. The van der Waals surface area contributed by atoms with Crippen molar-refractivity contribution in [3.63, 3.8) is 0 Å². The molecule has 3 aromatic rings. The monoisotopic (exact) mass is 442 g/mol. The molecule has 0 saturated heterocycles. The van der Waals surface area contributed by atoms with Crippen molar-refractivity contribution in [3.8, 4) is 11.5 Å². The second-order valence-electron chi connectivity index (χ2n) is 7.77. The van der Waals surface area contributed by atoms with Crippen LogP contribution in [0.25, 0.3) is 5.57 Å². The Labute approximate surface area is 193 Å². The molecule has 168 valence electrons. The van der Waals surface area contributed by atoms with Crippen LogP contribution in [0.15, 0.2) is 72.4 Å². The third-order valence-electron chi connectivity index (χ3n) is 5.50. The molecule has 0 bridgehead atoms. The standard InChI is InChI=1S/C27H26N2O4/c1-5-33-20-10-8-9-19(16-20)29-26(30)24(21-11-6-7-12-23(21)32-4)25(27(29)31)28-22-15-17(2)13-14-18(22)3/h6-16,28H,5H2,1-4H3. The summed E-state index contributed by atoms with van der Waals surface area (Å²) in [6.45, 7) is 6.30. The number of para-hydroxylation sites is 1. The van der Waals surface area contributed by atoms with Gasteiger partial charge in [0.15, 0.2) is 0 Å². The Balaban J connectivity index is 1.86. The molecule has 0 radical (unpaired) electrons. The number of amides is 2. The molecule has 1 N–H and O–H groups in total. The van der Waals surface area contributed by atoms with Crippen LogP contribution >= 0.6 is 0 Å². The molecule has 2 amide bonds. The van der Waals surface area contributed by atoms with E-state index in [-0.39, 0.29) is 11.3 Å². The Morgan fingerprint density at radius 2 is 1.70 bits per heavy atom. The van der Waals surface area contributed by atoms with Gasteiger partial charge in [0.1, 0.15) is 17.2 Å². The van der Waals surface area contributed by atoms with E-state index in [1.165, 1.54) is 4.90 Å². The normalized spacial score (nSPS) is 13.5. The van der Waals surface area contributed by atoms with Gasteiger partial charge in [0.05, 0.1) is 25.0 Å². The first-order valence-electron chi connectivity index (χ1n) is 10.8. The Morgan fingerprint density at radius 3 is 2.45 bits per heavy atom. The fourth-order valence-electron chi connectivity index (χ4n) is 3.87. The molecule has 1 aliphatic rings. The average molecular weight is 443 g/mol. The molecular weight excluding hydrogens is 416 g/mol. The highest BCUT2D eigenvalue weighted by Crippen LogP contribution is 2.38. The molecule has 4 rings (SSSR count). The van der Waals surface area contributed by atoms with Crippen LogP contribution in [0, 0.1) is 13.8 Å². The number of anilines is 2. The average Bonchev–Trinajstić information content (AvgIpc) is 3.05. The molecule has 33 heavy (non-hydrogen) atoms. The highest BCUT2D eigenvalue weighted by atomic mass is 16.5. The van der Waals surface area contributed by atoms with Crippen LogP contribution in [-0.2, 0) is 9.59 Å². The number of aryl methyl sites for hydroxylation is 2. The summed E-state index contributed by atoms with van der Waals surface area (Å²) < 4.78 is 11.1. The number of hydrogen-bond donors (Lipinski definition) is 1. The highest BCUT2D eigenvalue weighted by molar-refractivity contribution is 6.46. The second-order valence-corrected chi connectivity index (χ2v) is 7.77. The lowest BCUT2D eigenvalue weighted by Crippen LogP contribution is -2.32. The van der Waals surface area contributed by atoms with E-state index >= 15 is 0 Å². The first kappa shape index (κ1) is 22.1. The first-order valence-corrected chi connectivity index (χ1v) is 10.8. The number of carbonyl (C=O) groups excluding carboxylic acids is 2. The summed E-state index contributed by atoms with van der Waals surface area (Å²) in [4.78, 5) is 28.6.